The monoisotopic (exact) mass is 398 g/mol. The number of rotatable bonds is 2. The van der Waals surface area contributed by atoms with Crippen LogP contribution in [0.5, 0.6) is 0 Å². The van der Waals surface area contributed by atoms with Crippen molar-refractivity contribution in [2.45, 2.75) is 6.04 Å². The van der Waals surface area contributed by atoms with E-state index in [4.69, 9.17) is 12.2 Å². The van der Waals surface area contributed by atoms with Gasteiger partial charge in [0.05, 0.1) is 23.0 Å². The van der Waals surface area contributed by atoms with E-state index in [1.54, 1.807) is 42.5 Å². The minimum atomic E-state index is -3.21. The van der Waals surface area contributed by atoms with Crippen LogP contribution in [-0.2, 0) is 9.84 Å². The number of anilines is 1. The maximum atomic E-state index is 12.9. The van der Waals surface area contributed by atoms with Gasteiger partial charge < -0.3 is 10.6 Å². The quantitative estimate of drug-likeness (QED) is 0.639. The maximum Gasteiger partial charge on any atom is 0.196 e. The van der Waals surface area contributed by atoms with E-state index in [1.807, 2.05) is 0 Å². The van der Waals surface area contributed by atoms with Gasteiger partial charge in [-0.15, -0.1) is 0 Å². The first-order valence-corrected chi connectivity index (χ1v) is 10.3. The number of hydrogen-bond donors (Lipinski definition) is 2. The molecule has 1 heterocycles. The van der Waals surface area contributed by atoms with Gasteiger partial charge in [0.2, 0.25) is 0 Å². The van der Waals surface area contributed by atoms with Crippen molar-refractivity contribution in [3.63, 3.8) is 0 Å². The number of sulfone groups is 1. The van der Waals surface area contributed by atoms with Crippen molar-refractivity contribution in [1.29, 1.82) is 0 Å². The lowest BCUT2D eigenvalue weighted by Crippen LogP contribution is -2.38. The lowest BCUT2D eigenvalue weighted by atomic mass is 9.83. The normalized spacial score (nSPS) is 19.3. The van der Waals surface area contributed by atoms with E-state index in [0.717, 1.165) is 5.41 Å². The fourth-order valence-electron chi connectivity index (χ4n) is 3.24. The number of nitrogens with one attached hydrogen (secondary N) is 2. The SMILES string of the molecule is O=C1c2ccccc2C(=O)c2c(NC(=S)NC3C=CS(=O)(=O)C3)cccc21. The smallest absolute Gasteiger partial charge is 0.196 e. The molecule has 4 rings (SSSR count). The predicted octanol–water partition coefficient (Wildman–Crippen LogP) is 2.06. The van der Waals surface area contributed by atoms with E-state index in [0.29, 0.717) is 22.4 Å². The van der Waals surface area contributed by atoms with Crippen molar-refractivity contribution in [1.82, 2.24) is 5.32 Å². The van der Waals surface area contributed by atoms with Gasteiger partial charge in [-0.1, -0.05) is 36.4 Å². The maximum absolute atomic E-state index is 12.9. The van der Waals surface area contributed by atoms with Crippen LogP contribution in [0.4, 0.5) is 5.69 Å². The van der Waals surface area contributed by atoms with Gasteiger partial charge in [0.1, 0.15) is 0 Å². The Morgan fingerprint density at radius 3 is 2.30 bits per heavy atom. The summed E-state index contributed by atoms with van der Waals surface area (Å²) in [5.41, 5.74) is 1.72. The number of fused-ring (bicyclic) bond motifs is 2. The van der Waals surface area contributed by atoms with E-state index in [1.165, 1.54) is 6.08 Å². The first-order valence-electron chi connectivity index (χ1n) is 8.16. The summed E-state index contributed by atoms with van der Waals surface area (Å²) in [5.74, 6) is -0.547. The lowest BCUT2D eigenvalue weighted by Gasteiger charge is -2.21. The van der Waals surface area contributed by atoms with Crippen LogP contribution in [0.3, 0.4) is 0 Å². The summed E-state index contributed by atoms with van der Waals surface area (Å²) in [7, 11) is -3.21. The van der Waals surface area contributed by atoms with Crippen LogP contribution in [-0.4, -0.2) is 36.9 Å². The zero-order valence-electron chi connectivity index (χ0n) is 13.9. The Labute approximate surface area is 161 Å². The van der Waals surface area contributed by atoms with Crippen LogP contribution in [0, 0.1) is 0 Å². The number of benzene rings is 2. The van der Waals surface area contributed by atoms with E-state index in [-0.39, 0.29) is 28.0 Å². The summed E-state index contributed by atoms with van der Waals surface area (Å²) in [4.78, 5) is 25.7. The Morgan fingerprint density at radius 2 is 1.63 bits per heavy atom. The summed E-state index contributed by atoms with van der Waals surface area (Å²) in [5, 5.41) is 7.14. The topological polar surface area (TPSA) is 92.3 Å². The van der Waals surface area contributed by atoms with Crippen molar-refractivity contribution >= 4 is 44.4 Å². The molecule has 0 fully saturated rings. The second-order valence-corrected chi connectivity index (χ2v) is 8.63. The van der Waals surface area contributed by atoms with Crippen molar-refractivity contribution in [2.24, 2.45) is 0 Å². The van der Waals surface area contributed by atoms with Crippen LogP contribution >= 0.6 is 12.2 Å². The number of carbonyl (C=O) groups excluding carboxylic acids is 2. The fraction of sp³-hybridized carbons (Fsp3) is 0.105. The lowest BCUT2D eigenvalue weighted by molar-refractivity contribution is 0.0979. The number of ketones is 2. The third kappa shape index (κ3) is 3.17. The molecule has 0 amide bonds. The molecular formula is C19H14N2O4S2. The highest BCUT2D eigenvalue weighted by Gasteiger charge is 2.31. The molecule has 2 aromatic rings. The molecule has 0 saturated carbocycles. The minimum Gasteiger partial charge on any atom is -0.355 e. The molecule has 2 aromatic carbocycles. The Bertz CT molecular complexity index is 1140. The highest BCUT2D eigenvalue weighted by molar-refractivity contribution is 7.94. The molecular weight excluding hydrogens is 384 g/mol. The van der Waals surface area contributed by atoms with Crippen molar-refractivity contribution in [2.75, 3.05) is 11.1 Å². The summed E-state index contributed by atoms with van der Waals surface area (Å²) >= 11 is 5.25. The molecule has 1 atom stereocenters. The molecule has 0 aromatic heterocycles. The molecule has 6 nitrogen and oxygen atoms in total. The molecule has 2 N–H and O–H groups in total. The van der Waals surface area contributed by atoms with Gasteiger partial charge >= 0.3 is 0 Å². The molecule has 136 valence electrons. The molecule has 0 spiro atoms. The first kappa shape index (κ1) is 17.6. The third-order valence-corrected chi connectivity index (χ3v) is 6.06. The third-order valence-electron chi connectivity index (χ3n) is 4.45. The molecule has 8 heteroatoms. The van der Waals surface area contributed by atoms with Gasteiger partial charge in [-0.25, -0.2) is 8.42 Å². The van der Waals surface area contributed by atoms with Crippen LogP contribution < -0.4 is 10.6 Å². The number of thiocarbonyl (C=S) groups is 1. The van der Waals surface area contributed by atoms with E-state index >= 15 is 0 Å². The minimum absolute atomic E-state index is 0.0769. The second kappa shape index (κ2) is 6.40. The first-order chi connectivity index (χ1) is 12.9. The largest absolute Gasteiger partial charge is 0.355 e. The van der Waals surface area contributed by atoms with Crippen molar-refractivity contribution < 1.29 is 18.0 Å². The Kier molecular flexibility index (Phi) is 4.16. The van der Waals surface area contributed by atoms with Crippen LogP contribution in [0.15, 0.2) is 53.9 Å². The Morgan fingerprint density at radius 1 is 0.963 bits per heavy atom. The van der Waals surface area contributed by atoms with Crippen LogP contribution in [0.1, 0.15) is 31.8 Å². The van der Waals surface area contributed by atoms with Gasteiger partial charge in [-0.2, -0.15) is 0 Å². The molecule has 0 saturated heterocycles. The average Bonchev–Trinajstić information content (AvgIpc) is 2.97. The fourth-order valence-corrected chi connectivity index (χ4v) is 4.74. The number of carbonyl (C=O) groups is 2. The molecule has 27 heavy (non-hydrogen) atoms. The summed E-state index contributed by atoms with van der Waals surface area (Å²) in [6, 6.07) is 11.2. The average molecular weight is 398 g/mol. The van der Waals surface area contributed by atoms with Crippen molar-refractivity contribution in [3.8, 4) is 0 Å². The van der Waals surface area contributed by atoms with Gasteiger partial charge in [0.15, 0.2) is 26.5 Å². The highest BCUT2D eigenvalue weighted by atomic mass is 32.2. The van der Waals surface area contributed by atoms with Crippen LogP contribution in [0.25, 0.3) is 0 Å². The highest BCUT2D eigenvalue weighted by Crippen LogP contribution is 2.31. The summed E-state index contributed by atoms with van der Waals surface area (Å²) in [6.45, 7) is 0. The molecule has 0 radical (unpaired) electrons. The van der Waals surface area contributed by atoms with E-state index < -0.39 is 15.9 Å². The molecule has 1 aliphatic carbocycles. The van der Waals surface area contributed by atoms with Crippen molar-refractivity contribution in [3.05, 3.63) is 76.2 Å². The predicted molar refractivity (Wildman–Crippen MR) is 106 cm³/mol. The molecule has 1 aliphatic heterocycles. The van der Waals surface area contributed by atoms with Gasteiger partial charge in [-0.3, -0.25) is 9.59 Å². The molecule has 1 unspecified atom stereocenters. The van der Waals surface area contributed by atoms with Gasteiger partial charge in [0.25, 0.3) is 0 Å². The summed E-state index contributed by atoms with van der Waals surface area (Å²) in [6.07, 6.45) is 1.52. The number of hydrogen-bond acceptors (Lipinski definition) is 5. The zero-order valence-corrected chi connectivity index (χ0v) is 15.6. The van der Waals surface area contributed by atoms with Gasteiger partial charge in [-0.05, 0) is 24.4 Å². The van der Waals surface area contributed by atoms with Gasteiger partial charge in [0, 0.05) is 22.1 Å². The van der Waals surface area contributed by atoms with Crippen LogP contribution in [0.2, 0.25) is 0 Å². The molecule has 2 aliphatic rings. The standard InChI is InChI=1S/C19H14N2O4S2/c22-17-12-4-1-2-5-13(12)18(23)16-14(17)6-3-7-15(16)21-19(26)20-11-8-9-27(24,25)10-11/h1-9,11H,10H2,(H2,20,21,26). The Hall–Kier alpha value is -2.84. The Balaban J connectivity index is 1.63. The zero-order chi connectivity index (χ0) is 19.2. The van der Waals surface area contributed by atoms with E-state index in [2.05, 4.69) is 10.6 Å². The second-order valence-electron chi connectivity index (χ2n) is 6.29. The molecule has 0 bridgehead atoms. The van der Waals surface area contributed by atoms with E-state index in [9.17, 15) is 18.0 Å². The summed E-state index contributed by atoms with van der Waals surface area (Å²) < 4.78 is 23.0.